The Morgan fingerprint density at radius 2 is 1.85 bits per heavy atom. The van der Waals surface area contributed by atoms with Gasteiger partial charge >= 0.3 is 0 Å². The summed E-state index contributed by atoms with van der Waals surface area (Å²) in [6.45, 7) is 2.46. The van der Waals surface area contributed by atoms with E-state index in [-0.39, 0.29) is 0 Å². The van der Waals surface area contributed by atoms with Gasteiger partial charge in [0.15, 0.2) is 5.03 Å². The van der Waals surface area contributed by atoms with E-state index in [4.69, 9.17) is 0 Å². The molecule has 1 rings (SSSR count). The molecular formula is C7H7F4NS. The lowest BCUT2D eigenvalue weighted by Crippen LogP contribution is -2.11. The van der Waals surface area contributed by atoms with Gasteiger partial charge in [0.25, 0.3) is 0 Å². The van der Waals surface area contributed by atoms with E-state index >= 15 is 0 Å². The Morgan fingerprint density at radius 1 is 1.23 bits per heavy atom. The average Bonchev–Trinajstić information content (AvgIpc) is 2.05. The quantitative estimate of drug-likeness (QED) is 0.676. The van der Waals surface area contributed by atoms with Crippen LogP contribution in [0.3, 0.4) is 0 Å². The normalized spacial score (nSPS) is 17.2. The van der Waals surface area contributed by atoms with Crippen molar-refractivity contribution in [2.24, 2.45) is 0 Å². The number of pyridine rings is 1. The van der Waals surface area contributed by atoms with Crippen molar-refractivity contribution in [1.82, 2.24) is 4.98 Å². The summed E-state index contributed by atoms with van der Waals surface area (Å²) in [5.41, 5.74) is 0. The molecule has 6 heteroatoms. The number of hydrogen-bond donors (Lipinski definition) is 0. The van der Waals surface area contributed by atoms with Gasteiger partial charge in [0.1, 0.15) is 0 Å². The van der Waals surface area contributed by atoms with Crippen LogP contribution < -0.4 is 0 Å². The lowest BCUT2D eigenvalue weighted by Gasteiger charge is -2.45. The van der Waals surface area contributed by atoms with Crippen molar-refractivity contribution in [3.05, 3.63) is 36.4 Å². The Kier molecular flexibility index (Phi) is 1.59. The maximum atomic E-state index is 12.9. The molecule has 1 aromatic rings. The van der Waals surface area contributed by atoms with Crippen LogP contribution in [0.25, 0.3) is 0 Å². The molecule has 1 heterocycles. The van der Waals surface area contributed by atoms with Crippen molar-refractivity contribution >= 4 is 9.84 Å². The third-order valence-corrected chi connectivity index (χ3v) is 3.20. The Bertz CT molecular complexity index is 341. The molecule has 0 aliphatic carbocycles. The summed E-state index contributed by atoms with van der Waals surface area (Å²) in [6.07, 6.45) is 0.886. The van der Waals surface area contributed by atoms with E-state index in [1.807, 2.05) is 0 Å². The van der Waals surface area contributed by atoms with Crippen LogP contribution in [0.15, 0.2) is 41.4 Å². The zero-order chi connectivity index (χ0) is 10.2. The van der Waals surface area contributed by atoms with Crippen molar-refractivity contribution in [3.8, 4) is 0 Å². The van der Waals surface area contributed by atoms with Crippen molar-refractivity contribution in [2.75, 3.05) is 0 Å². The molecule has 0 radical (unpaired) electrons. The highest BCUT2D eigenvalue weighted by molar-refractivity contribution is 8.51. The first-order valence-corrected chi connectivity index (χ1v) is 5.35. The molecule has 0 aliphatic rings. The highest BCUT2D eigenvalue weighted by Crippen LogP contribution is 3.01. The number of hydrogen-bond acceptors (Lipinski definition) is 1. The summed E-state index contributed by atoms with van der Waals surface area (Å²) in [5, 5.41) is -2.11. The summed E-state index contributed by atoms with van der Waals surface area (Å²) < 4.78 is 51.5. The minimum absolute atomic E-state index is 0.587. The average molecular weight is 213 g/mol. The van der Waals surface area contributed by atoms with Gasteiger partial charge in [-0.15, -0.1) is 15.5 Å². The zero-order valence-corrected chi connectivity index (χ0v) is 7.28. The largest absolute Gasteiger partial charge is 0.243 e. The first-order chi connectivity index (χ1) is 5.68. The van der Waals surface area contributed by atoms with Crippen LogP contribution in [0.2, 0.25) is 0 Å². The monoisotopic (exact) mass is 213 g/mol. The molecule has 0 atom stereocenters. The van der Waals surface area contributed by atoms with Crippen LogP contribution >= 0.6 is 9.84 Å². The van der Waals surface area contributed by atoms with Gasteiger partial charge in [-0.25, -0.2) is 4.98 Å². The van der Waals surface area contributed by atoms with E-state index in [1.165, 1.54) is 6.07 Å². The molecule has 0 aliphatic heterocycles. The van der Waals surface area contributed by atoms with E-state index < -0.39 is 20.3 Å². The summed E-state index contributed by atoms with van der Waals surface area (Å²) >= 11 is 0. The van der Waals surface area contributed by atoms with Gasteiger partial charge in [-0.3, -0.25) is 0 Å². The third kappa shape index (κ3) is 1.82. The lowest BCUT2D eigenvalue weighted by molar-refractivity contribution is 0.459. The zero-order valence-electron chi connectivity index (χ0n) is 6.46. The van der Waals surface area contributed by atoms with Crippen molar-refractivity contribution in [3.63, 3.8) is 0 Å². The summed E-state index contributed by atoms with van der Waals surface area (Å²) in [5.74, 6) is 0. The van der Waals surface area contributed by atoms with Gasteiger partial charge in [-0.2, -0.15) is 0 Å². The van der Waals surface area contributed by atoms with E-state index in [0.717, 1.165) is 12.3 Å². The summed E-state index contributed by atoms with van der Waals surface area (Å²) in [4.78, 5) is 2.95. The second kappa shape index (κ2) is 2.06. The van der Waals surface area contributed by atoms with Crippen LogP contribution in [0.5, 0.6) is 0 Å². The van der Waals surface area contributed by atoms with Crippen LogP contribution in [0, 0.1) is 0 Å². The molecule has 0 saturated carbocycles. The maximum Gasteiger partial charge on any atom is 0.218 e. The van der Waals surface area contributed by atoms with Gasteiger partial charge in [-0.05, 0) is 12.1 Å². The molecule has 0 bridgehead atoms. The van der Waals surface area contributed by atoms with Gasteiger partial charge < -0.3 is 0 Å². The number of halogens is 4. The number of aromatic nitrogens is 1. The fourth-order valence-electron chi connectivity index (χ4n) is 0.685. The first kappa shape index (κ1) is 10.0. The maximum absolute atomic E-state index is 12.9. The van der Waals surface area contributed by atoms with Crippen LogP contribution in [-0.2, 0) is 0 Å². The Labute approximate surface area is 72.5 Å². The SMILES string of the molecule is C=CS(F)(F)(F)(F)c1ccccn1. The minimum atomic E-state index is -8.30. The Balaban J connectivity index is 3.47. The molecule has 0 N–H and O–H groups in total. The molecule has 0 amide bonds. The van der Waals surface area contributed by atoms with Gasteiger partial charge in [0.2, 0.25) is 9.84 Å². The second-order valence-corrected chi connectivity index (χ2v) is 5.48. The van der Waals surface area contributed by atoms with E-state index in [2.05, 4.69) is 11.6 Å². The van der Waals surface area contributed by atoms with Gasteiger partial charge in [0.05, 0.1) is 0 Å². The standard InChI is InChI=1S/C7H7F4NS/c1-2-13(8,9,10,11)7-5-3-4-6-12-7/h2-6H,1H2. The predicted octanol–water partition coefficient (Wildman–Crippen LogP) is 4.00. The van der Waals surface area contributed by atoms with E-state index in [1.54, 1.807) is 0 Å². The van der Waals surface area contributed by atoms with E-state index in [9.17, 15) is 15.5 Å². The highest BCUT2D eigenvalue weighted by Gasteiger charge is 2.63. The molecule has 1 aromatic heterocycles. The summed E-state index contributed by atoms with van der Waals surface area (Å²) in [7, 11) is -8.30. The molecule has 0 unspecified atom stereocenters. The van der Waals surface area contributed by atoms with Gasteiger partial charge in [-0.1, -0.05) is 12.6 Å². The smallest absolute Gasteiger partial charge is 0.218 e. The molecule has 13 heavy (non-hydrogen) atoms. The third-order valence-electron chi connectivity index (χ3n) is 1.41. The van der Waals surface area contributed by atoms with Gasteiger partial charge in [0, 0.05) is 11.6 Å². The molecular weight excluding hydrogens is 206 g/mol. The van der Waals surface area contributed by atoms with Crippen molar-refractivity contribution in [2.45, 2.75) is 5.03 Å². The second-order valence-electron chi connectivity index (χ2n) is 2.47. The van der Waals surface area contributed by atoms with Crippen LogP contribution in [-0.4, -0.2) is 4.98 Å². The minimum Gasteiger partial charge on any atom is -0.243 e. The molecule has 0 saturated heterocycles. The number of rotatable bonds is 2. The fourth-order valence-corrected chi connectivity index (χ4v) is 1.50. The topological polar surface area (TPSA) is 12.9 Å². The van der Waals surface area contributed by atoms with Crippen molar-refractivity contribution < 1.29 is 15.5 Å². The molecule has 0 fully saturated rings. The molecule has 74 valence electrons. The molecule has 0 spiro atoms. The van der Waals surface area contributed by atoms with Crippen molar-refractivity contribution in [1.29, 1.82) is 0 Å². The Morgan fingerprint density at radius 3 is 2.23 bits per heavy atom. The number of nitrogens with zero attached hydrogens (tertiary/aromatic N) is 1. The Hall–Kier alpha value is -1.04. The van der Waals surface area contributed by atoms with Crippen LogP contribution in [0.4, 0.5) is 15.5 Å². The molecule has 1 nitrogen and oxygen atoms in total. The predicted molar refractivity (Wildman–Crippen MR) is 44.7 cm³/mol. The first-order valence-electron chi connectivity index (χ1n) is 3.24. The molecule has 0 aromatic carbocycles. The lowest BCUT2D eigenvalue weighted by atomic mass is 10.5. The van der Waals surface area contributed by atoms with E-state index in [0.29, 0.717) is 6.07 Å². The highest BCUT2D eigenvalue weighted by atomic mass is 32.5. The fraction of sp³-hybridized carbons (Fsp3) is 0. The van der Waals surface area contributed by atoms with Crippen LogP contribution in [0.1, 0.15) is 0 Å². The summed E-state index contributed by atoms with van der Waals surface area (Å²) in [6, 6.07) is 2.94.